The van der Waals surface area contributed by atoms with Crippen LogP contribution in [-0.4, -0.2) is 9.13 Å². The zero-order valence-corrected chi connectivity index (χ0v) is 27.8. The molecule has 7 aromatic carbocycles. The Morgan fingerprint density at radius 3 is 1.17 bits per heavy atom. The maximum atomic E-state index is 14.2. The zero-order valence-electron chi connectivity index (χ0n) is 27.8. The molecule has 0 fully saturated rings. The molecule has 0 aliphatic rings. The highest BCUT2D eigenvalue weighted by Crippen LogP contribution is 2.41. The van der Waals surface area contributed by atoms with Crippen LogP contribution in [0, 0.1) is 34.9 Å². The lowest BCUT2D eigenvalue weighted by atomic mass is 10.1. The van der Waals surface area contributed by atoms with Gasteiger partial charge in [0.2, 0.25) is 0 Å². The van der Waals surface area contributed by atoms with Gasteiger partial charge in [0, 0.05) is 73.8 Å². The number of fused-ring (bicyclic) bond motifs is 6. The SMILES string of the molecule is Fc1cc(Cn2c3ccccc3c3cc(N(c4ccccc4)c4ccc5c(c4)c4ccccc4n5Cc4cc(F)c(F)c(F)c4)ccc32)cc(F)c1F. The molecule has 260 valence electrons. The molecule has 53 heavy (non-hydrogen) atoms. The van der Waals surface area contributed by atoms with E-state index in [1.54, 1.807) is 0 Å². The van der Waals surface area contributed by atoms with Crippen LogP contribution >= 0.6 is 0 Å². The molecule has 2 aromatic heterocycles. The highest BCUT2D eigenvalue weighted by molar-refractivity contribution is 6.11. The van der Waals surface area contributed by atoms with E-state index in [1.165, 1.54) is 0 Å². The quantitative estimate of drug-likeness (QED) is 0.118. The van der Waals surface area contributed by atoms with Crippen molar-refractivity contribution in [3.05, 3.63) is 186 Å². The minimum atomic E-state index is -1.50. The van der Waals surface area contributed by atoms with Gasteiger partial charge in [-0.25, -0.2) is 26.3 Å². The molecular formula is C44H27F6N3. The maximum Gasteiger partial charge on any atom is 0.194 e. The Morgan fingerprint density at radius 2 is 0.736 bits per heavy atom. The number of rotatable bonds is 7. The molecule has 0 N–H and O–H groups in total. The predicted molar refractivity (Wildman–Crippen MR) is 198 cm³/mol. The van der Waals surface area contributed by atoms with E-state index in [0.717, 1.165) is 84.9 Å². The Bertz CT molecular complexity index is 2650. The molecule has 9 heteroatoms. The van der Waals surface area contributed by atoms with Crippen molar-refractivity contribution in [2.24, 2.45) is 0 Å². The highest BCUT2D eigenvalue weighted by atomic mass is 19.2. The number of halogens is 6. The summed E-state index contributed by atoms with van der Waals surface area (Å²) in [6.07, 6.45) is 0. The number of anilines is 3. The molecule has 0 bridgehead atoms. The Balaban J connectivity index is 1.20. The number of hydrogen-bond donors (Lipinski definition) is 0. The summed E-state index contributed by atoms with van der Waals surface area (Å²) in [5.41, 5.74) is 6.56. The van der Waals surface area contributed by atoms with E-state index in [9.17, 15) is 26.3 Å². The molecule has 0 aliphatic heterocycles. The van der Waals surface area contributed by atoms with Gasteiger partial charge in [0.25, 0.3) is 0 Å². The Hall–Kier alpha value is -6.48. The van der Waals surface area contributed by atoms with Gasteiger partial charge in [-0.2, -0.15) is 0 Å². The van der Waals surface area contributed by atoms with Gasteiger partial charge >= 0.3 is 0 Å². The smallest absolute Gasteiger partial charge is 0.194 e. The van der Waals surface area contributed by atoms with Crippen LogP contribution < -0.4 is 4.90 Å². The van der Waals surface area contributed by atoms with Crippen molar-refractivity contribution in [3.8, 4) is 0 Å². The minimum absolute atomic E-state index is 0.123. The minimum Gasteiger partial charge on any atom is -0.336 e. The molecule has 9 rings (SSSR count). The van der Waals surface area contributed by atoms with Crippen molar-refractivity contribution in [2.45, 2.75) is 13.1 Å². The Labute approximate surface area is 299 Å². The van der Waals surface area contributed by atoms with E-state index in [4.69, 9.17) is 0 Å². The van der Waals surface area contributed by atoms with E-state index < -0.39 is 34.9 Å². The molecule has 0 saturated heterocycles. The van der Waals surface area contributed by atoms with Gasteiger partial charge in [-0.1, -0.05) is 54.6 Å². The van der Waals surface area contributed by atoms with Gasteiger partial charge in [-0.15, -0.1) is 0 Å². The van der Waals surface area contributed by atoms with Gasteiger partial charge in [0.05, 0.1) is 0 Å². The fourth-order valence-electron chi connectivity index (χ4n) is 7.49. The summed E-state index contributed by atoms with van der Waals surface area (Å²) in [5.74, 6) is -7.94. The maximum absolute atomic E-state index is 14.2. The monoisotopic (exact) mass is 711 g/mol. The first kappa shape index (κ1) is 32.4. The van der Waals surface area contributed by atoms with Crippen LogP contribution in [0.15, 0.2) is 140 Å². The zero-order chi connectivity index (χ0) is 36.4. The van der Waals surface area contributed by atoms with Crippen LogP contribution in [0.3, 0.4) is 0 Å². The Morgan fingerprint density at radius 1 is 0.358 bits per heavy atom. The third-order valence-electron chi connectivity index (χ3n) is 9.81. The van der Waals surface area contributed by atoms with Crippen molar-refractivity contribution in [1.82, 2.24) is 9.13 Å². The molecule has 0 amide bonds. The summed E-state index contributed by atoms with van der Waals surface area (Å²) in [6, 6.07) is 41.6. The van der Waals surface area contributed by atoms with Gasteiger partial charge in [-0.05, 0) is 96.1 Å². The summed E-state index contributed by atoms with van der Waals surface area (Å²) in [5, 5.41) is 3.71. The lowest BCUT2D eigenvalue weighted by molar-refractivity contribution is 0.445. The summed E-state index contributed by atoms with van der Waals surface area (Å²) in [4.78, 5) is 2.13. The summed E-state index contributed by atoms with van der Waals surface area (Å²) >= 11 is 0. The van der Waals surface area contributed by atoms with Crippen molar-refractivity contribution in [1.29, 1.82) is 0 Å². The van der Waals surface area contributed by atoms with Crippen LogP contribution in [0.1, 0.15) is 11.1 Å². The normalized spacial score (nSPS) is 11.7. The molecule has 9 aromatic rings. The van der Waals surface area contributed by atoms with Crippen LogP contribution in [-0.2, 0) is 13.1 Å². The fraction of sp³-hybridized carbons (Fsp3) is 0.0455. The molecule has 0 aliphatic carbocycles. The number of nitrogens with zero attached hydrogens (tertiary/aromatic N) is 3. The number of aromatic nitrogens is 2. The molecular weight excluding hydrogens is 684 g/mol. The third kappa shape index (κ3) is 5.47. The Kier molecular flexibility index (Phi) is 7.73. The molecule has 3 nitrogen and oxygen atoms in total. The molecule has 0 radical (unpaired) electrons. The largest absolute Gasteiger partial charge is 0.336 e. The predicted octanol–water partition coefficient (Wildman–Crippen LogP) is 12.3. The van der Waals surface area contributed by atoms with Crippen LogP contribution in [0.2, 0.25) is 0 Å². The molecule has 0 spiro atoms. The van der Waals surface area contributed by atoms with Crippen LogP contribution in [0.25, 0.3) is 43.6 Å². The second-order valence-corrected chi connectivity index (χ2v) is 13.0. The first-order chi connectivity index (χ1) is 25.7. The van der Waals surface area contributed by atoms with Gasteiger partial charge in [0.1, 0.15) is 0 Å². The summed E-state index contributed by atoms with van der Waals surface area (Å²) < 4.78 is 88.4. The van der Waals surface area contributed by atoms with E-state index in [1.807, 2.05) is 112 Å². The van der Waals surface area contributed by atoms with Gasteiger partial charge in [0.15, 0.2) is 34.9 Å². The summed E-state index contributed by atoms with van der Waals surface area (Å²) in [7, 11) is 0. The average molecular weight is 712 g/mol. The van der Waals surface area contributed by atoms with E-state index in [0.29, 0.717) is 11.1 Å². The van der Waals surface area contributed by atoms with Gasteiger partial charge < -0.3 is 14.0 Å². The highest BCUT2D eigenvalue weighted by Gasteiger charge is 2.20. The van der Waals surface area contributed by atoms with Crippen LogP contribution in [0.5, 0.6) is 0 Å². The molecule has 0 unspecified atom stereocenters. The van der Waals surface area contributed by atoms with Crippen molar-refractivity contribution < 1.29 is 26.3 Å². The number of para-hydroxylation sites is 3. The first-order valence-electron chi connectivity index (χ1n) is 16.9. The third-order valence-corrected chi connectivity index (χ3v) is 9.81. The summed E-state index contributed by atoms with van der Waals surface area (Å²) in [6.45, 7) is 0.246. The number of hydrogen-bond acceptors (Lipinski definition) is 1. The van der Waals surface area contributed by atoms with E-state index >= 15 is 0 Å². The lowest BCUT2D eigenvalue weighted by Crippen LogP contribution is -2.10. The van der Waals surface area contributed by atoms with E-state index in [2.05, 4.69) is 17.0 Å². The molecule has 0 atom stereocenters. The van der Waals surface area contributed by atoms with Gasteiger partial charge in [-0.3, -0.25) is 0 Å². The first-order valence-corrected chi connectivity index (χ1v) is 16.9. The topological polar surface area (TPSA) is 13.1 Å². The average Bonchev–Trinajstić information content (AvgIpc) is 3.65. The second-order valence-electron chi connectivity index (χ2n) is 13.0. The standard InChI is InChI=1S/C44H27F6N3/c45-35-18-26(19-36(46)43(35)49)24-51-39-12-6-4-10-31(39)33-22-29(14-16-41(33)51)53(28-8-2-1-3-9-28)30-15-17-42-34(23-30)32-11-5-7-13-40(32)52(42)25-27-20-37(47)44(50)38(48)21-27/h1-23H,24-25H2. The van der Waals surface area contributed by atoms with Crippen molar-refractivity contribution >= 4 is 60.7 Å². The van der Waals surface area contributed by atoms with E-state index in [-0.39, 0.29) is 13.1 Å². The van der Waals surface area contributed by atoms with Crippen LogP contribution in [0.4, 0.5) is 43.4 Å². The van der Waals surface area contributed by atoms with Crippen molar-refractivity contribution in [3.63, 3.8) is 0 Å². The molecule has 2 heterocycles. The fourth-order valence-corrected chi connectivity index (χ4v) is 7.49. The lowest BCUT2D eigenvalue weighted by Gasteiger charge is -2.26. The second kappa shape index (κ2) is 12.6. The van der Waals surface area contributed by atoms with Crippen molar-refractivity contribution in [2.75, 3.05) is 4.90 Å². The molecule has 0 saturated carbocycles. The number of benzene rings is 7.